The van der Waals surface area contributed by atoms with E-state index in [2.05, 4.69) is 18.7 Å². The molecule has 8 nitrogen and oxygen atoms in total. The number of esters is 1. The molecule has 31 heavy (non-hydrogen) atoms. The lowest BCUT2D eigenvalue weighted by molar-refractivity contribution is -0.157. The van der Waals surface area contributed by atoms with Crippen molar-refractivity contribution in [3.05, 3.63) is 35.9 Å². The molecule has 2 aliphatic rings. The maximum Gasteiger partial charge on any atom is 0.336 e. The molecule has 1 saturated heterocycles. The maximum atomic E-state index is 13.2. The van der Waals surface area contributed by atoms with Crippen LogP contribution in [0.3, 0.4) is 0 Å². The molecule has 1 amide bonds. The van der Waals surface area contributed by atoms with E-state index in [1.807, 2.05) is 37.4 Å². The van der Waals surface area contributed by atoms with Gasteiger partial charge in [-0.2, -0.15) is 0 Å². The Morgan fingerprint density at radius 2 is 1.97 bits per heavy atom. The molecule has 170 valence electrons. The van der Waals surface area contributed by atoms with Crippen LogP contribution in [-0.4, -0.2) is 70.0 Å². The fourth-order valence-electron chi connectivity index (χ4n) is 4.68. The average molecular weight is 432 g/mol. The van der Waals surface area contributed by atoms with Crippen molar-refractivity contribution in [1.29, 1.82) is 0 Å². The summed E-state index contributed by atoms with van der Waals surface area (Å²) in [4.78, 5) is 41.6. The van der Waals surface area contributed by atoms with Crippen molar-refractivity contribution in [3.8, 4) is 0 Å². The van der Waals surface area contributed by atoms with Crippen LogP contribution < -0.4 is 5.73 Å². The molecule has 1 aliphatic carbocycles. The van der Waals surface area contributed by atoms with E-state index in [0.717, 1.165) is 12.0 Å². The quantitative estimate of drug-likeness (QED) is 0.498. The third-order valence-corrected chi connectivity index (χ3v) is 6.86. The van der Waals surface area contributed by atoms with Crippen LogP contribution in [0, 0.1) is 5.92 Å². The topological polar surface area (TPSA) is 113 Å². The van der Waals surface area contributed by atoms with Gasteiger partial charge in [0.05, 0.1) is 5.92 Å². The summed E-state index contributed by atoms with van der Waals surface area (Å²) >= 11 is 0. The number of likely N-dealkylation sites (tertiary alicyclic amines) is 1. The van der Waals surface area contributed by atoms with E-state index in [0.29, 0.717) is 18.9 Å². The predicted octanol–water partition coefficient (Wildman–Crippen LogP) is 1.62. The summed E-state index contributed by atoms with van der Waals surface area (Å²) in [5.41, 5.74) is 5.27. The number of hydrogen-bond acceptors (Lipinski definition) is 6. The van der Waals surface area contributed by atoms with E-state index < -0.39 is 35.3 Å². The first-order valence-corrected chi connectivity index (χ1v) is 10.9. The van der Waals surface area contributed by atoms with Crippen LogP contribution >= 0.6 is 0 Å². The number of nitrogens with two attached hydrogens (primary N) is 1. The van der Waals surface area contributed by atoms with Crippen LogP contribution in [0.15, 0.2) is 30.3 Å². The largest absolute Gasteiger partial charge is 0.481 e. The third-order valence-electron chi connectivity index (χ3n) is 6.86. The van der Waals surface area contributed by atoms with Crippen LogP contribution in [0.4, 0.5) is 0 Å². The number of aliphatic carboxylic acids is 1. The zero-order valence-corrected chi connectivity index (χ0v) is 18.5. The van der Waals surface area contributed by atoms with Gasteiger partial charge in [-0.3, -0.25) is 9.59 Å². The molecule has 1 saturated carbocycles. The zero-order valence-electron chi connectivity index (χ0n) is 18.5. The van der Waals surface area contributed by atoms with Crippen molar-refractivity contribution < 1.29 is 24.2 Å². The molecule has 1 aliphatic heterocycles. The monoisotopic (exact) mass is 431 g/mol. The van der Waals surface area contributed by atoms with E-state index in [4.69, 9.17) is 10.5 Å². The molecule has 3 N–H and O–H groups in total. The molecule has 8 heteroatoms. The van der Waals surface area contributed by atoms with E-state index in [9.17, 15) is 19.5 Å². The van der Waals surface area contributed by atoms with Crippen molar-refractivity contribution >= 4 is 17.8 Å². The Morgan fingerprint density at radius 3 is 2.58 bits per heavy atom. The number of hydrogen-bond donors (Lipinski definition) is 2. The number of rotatable bonds is 7. The van der Waals surface area contributed by atoms with Gasteiger partial charge in [0, 0.05) is 31.1 Å². The predicted molar refractivity (Wildman–Crippen MR) is 115 cm³/mol. The standard InChI is InChI=1S/C23H33N3O5/c1-15(2)25(3)17-9-10-19(18(13-17)20(27)28)26-12-11-23(24,21(26)29)22(30)31-14-16-7-5-4-6-8-16/h4-8,15,17-19H,9-14,24H2,1-3H3,(H,27,28)/t17-,18-,19+,23+/m1/s1. The molecule has 1 aromatic rings. The molecule has 4 atom stereocenters. The normalized spacial score (nSPS) is 28.9. The van der Waals surface area contributed by atoms with Gasteiger partial charge >= 0.3 is 11.9 Å². The van der Waals surface area contributed by atoms with E-state index >= 15 is 0 Å². The number of benzene rings is 1. The minimum atomic E-state index is -1.76. The lowest BCUT2D eigenvalue weighted by atomic mass is 9.79. The fourth-order valence-corrected chi connectivity index (χ4v) is 4.68. The molecule has 0 spiro atoms. The first-order chi connectivity index (χ1) is 14.6. The summed E-state index contributed by atoms with van der Waals surface area (Å²) in [6.07, 6.45) is 1.95. The van der Waals surface area contributed by atoms with Crippen molar-refractivity contribution in [2.24, 2.45) is 11.7 Å². The van der Waals surface area contributed by atoms with Gasteiger partial charge in [0.25, 0.3) is 5.91 Å². The van der Waals surface area contributed by atoms with Gasteiger partial charge in [0.1, 0.15) is 6.61 Å². The Balaban J connectivity index is 1.68. The molecule has 1 heterocycles. The van der Waals surface area contributed by atoms with Crippen LogP contribution in [0.2, 0.25) is 0 Å². The van der Waals surface area contributed by atoms with Crippen LogP contribution in [0.1, 0.15) is 45.1 Å². The number of carbonyl (C=O) groups excluding carboxylic acids is 2. The highest BCUT2D eigenvalue weighted by Crippen LogP contribution is 2.36. The molecular formula is C23H33N3O5. The van der Waals surface area contributed by atoms with Gasteiger partial charge in [-0.15, -0.1) is 0 Å². The molecule has 0 bridgehead atoms. The Hall–Kier alpha value is -2.45. The first-order valence-electron chi connectivity index (χ1n) is 10.9. The van der Waals surface area contributed by atoms with Gasteiger partial charge in [-0.05, 0) is 45.7 Å². The van der Waals surface area contributed by atoms with Crippen LogP contribution in [0.25, 0.3) is 0 Å². The number of ether oxygens (including phenoxy) is 1. The van der Waals surface area contributed by atoms with Gasteiger partial charge in [0.2, 0.25) is 0 Å². The van der Waals surface area contributed by atoms with Crippen LogP contribution in [-0.2, 0) is 25.7 Å². The summed E-state index contributed by atoms with van der Waals surface area (Å²) < 4.78 is 5.34. The number of nitrogens with zero attached hydrogens (tertiary/aromatic N) is 2. The number of amides is 1. The lowest BCUT2D eigenvalue weighted by Crippen LogP contribution is -2.58. The van der Waals surface area contributed by atoms with Gasteiger partial charge in [-0.25, -0.2) is 4.79 Å². The molecule has 2 fully saturated rings. The second-order valence-electron chi connectivity index (χ2n) is 9.02. The molecule has 0 radical (unpaired) electrons. The van der Waals surface area contributed by atoms with Gasteiger partial charge in [-0.1, -0.05) is 30.3 Å². The molecular weight excluding hydrogens is 398 g/mol. The van der Waals surface area contributed by atoms with Crippen molar-refractivity contribution in [2.75, 3.05) is 13.6 Å². The van der Waals surface area contributed by atoms with Crippen LogP contribution in [0.5, 0.6) is 0 Å². The highest BCUT2D eigenvalue weighted by Gasteiger charge is 2.54. The third kappa shape index (κ3) is 4.75. The minimum absolute atomic E-state index is 0.0380. The fraction of sp³-hybridized carbons (Fsp3) is 0.609. The highest BCUT2D eigenvalue weighted by atomic mass is 16.5. The SMILES string of the molecule is CC(C)N(C)[C@@H]1CC[C@H](N2CC[C@@](N)(C(=O)OCc3ccccc3)C2=O)[C@H](C(=O)O)C1. The smallest absolute Gasteiger partial charge is 0.336 e. The summed E-state index contributed by atoms with van der Waals surface area (Å²) in [6, 6.07) is 9.17. The molecule has 0 aromatic heterocycles. The maximum absolute atomic E-state index is 13.2. The Labute approximate surface area is 183 Å². The summed E-state index contributed by atoms with van der Waals surface area (Å²) in [6.45, 7) is 4.45. The molecule has 1 aromatic carbocycles. The Morgan fingerprint density at radius 1 is 1.29 bits per heavy atom. The number of carboxylic acid groups (broad SMARTS) is 1. The van der Waals surface area contributed by atoms with E-state index in [1.165, 1.54) is 4.90 Å². The van der Waals surface area contributed by atoms with Crippen molar-refractivity contribution in [2.45, 2.75) is 69.8 Å². The number of carboxylic acids is 1. The second kappa shape index (κ2) is 9.36. The van der Waals surface area contributed by atoms with Gasteiger partial charge in [0.15, 0.2) is 5.54 Å². The van der Waals surface area contributed by atoms with Gasteiger partial charge < -0.3 is 25.4 Å². The first kappa shape index (κ1) is 23.2. The zero-order chi connectivity index (χ0) is 22.8. The van der Waals surface area contributed by atoms with Crippen molar-refractivity contribution in [1.82, 2.24) is 9.80 Å². The van der Waals surface area contributed by atoms with E-state index in [1.54, 1.807) is 0 Å². The summed E-state index contributed by atoms with van der Waals surface area (Å²) in [7, 11) is 2.00. The highest BCUT2D eigenvalue weighted by molar-refractivity contribution is 6.08. The van der Waals surface area contributed by atoms with Crippen molar-refractivity contribution in [3.63, 3.8) is 0 Å². The van der Waals surface area contributed by atoms with E-state index in [-0.39, 0.29) is 25.6 Å². The number of carbonyl (C=O) groups is 3. The summed E-state index contributed by atoms with van der Waals surface area (Å²) in [5, 5.41) is 9.86. The molecule has 3 rings (SSSR count). The Bertz CT molecular complexity index is 815. The average Bonchev–Trinajstić information content (AvgIpc) is 3.07. The molecule has 0 unspecified atom stereocenters. The summed E-state index contributed by atoms with van der Waals surface area (Å²) in [5.74, 6) is -2.89. The lowest BCUT2D eigenvalue weighted by Gasteiger charge is -2.43. The minimum Gasteiger partial charge on any atom is -0.481 e. The Kier molecular flexibility index (Phi) is 7.01. The second-order valence-corrected chi connectivity index (χ2v) is 9.02.